The molecule has 2 N–H and O–H groups in total. The fourth-order valence-electron chi connectivity index (χ4n) is 2.02. The molecule has 1 aliphatic rings. The highest BCUT2D eigenvalue weighted by molar-refractivity contribution is 6.30. The van der Waals surface area contributed by atoms with E-state index in [1.807, 2.05) is 24.3 Å². The maximum atomic E-state index is 10.2. The molecule has 0 aliphatic carbocycles. The van der Waals surface area contributed by atoms with E-state index in [1.54, 1.807) is 18.2 Å². The zero-order valence-electron chi connectivity index (χ0n) is 10.7. The summed E-state index contributed by atoms with van der Waals surface area (Å²) in [7, 11) is 0. The summed E-state index contributed by atoms with van der Waals surface area (Å²) < 4.78 is 10.5. The number of benzene rings is 2. The van der Waals surface area contributed by atoms with Crippen molar-refractivity contribution >= 4 is 17.3 Å². The van der Waals surface area contributed by atoms with E-state index in [0.717, 1.165) is 11.3 Å². The summed E-state index contributed by atoms with van der Waals surface area (Å²) in [6.07, 6.45) is -0.625. The van der Waals surface area contributed by atoms with Crippen molar-refractivity contribution in [3.8, 4) is 11.5 Å². The van der Waals surface area contributed by atoms with Crippen molar-refractivity contribution in [2.24, 2.45) is 0 Å². The molecule has 0 spiro atoms. The minimum atomic E-state index is -0.625. The minimum Gasteiger partial charge on any atom is -0.454 e. The van der Waals surface area contributed by atoms with Gasteiger partial charge in [0.15, 0.2) is 11.5 Å². The summed E-state index contributed by atoms with van der Waals surface area (Å²) >= 11 is 5.82. The summed E-state index contributed by atoms with van der Waals surface area (Å²) in [6.45, 7) is 0.638. The minimum absolute atomic E-state index is 0.234. The first kappa shape index (κ1) is 13.1. The molecule has 1 heterocycles. The standard InChI is InChI=1S/C15H14ClNO3/c16-11-2-4-12(5-3-11)17-8-13(18)10-1-6-14-15(7-10)20-9-19-14/h1-7,13,17-18H,8-9H2. The monoisotopic (exact) mass is 291 g/mol. The van der Waals surface area contributed by atoms with E-state index >= 15 is 0 Å². The number of hydrogen-bond acceptors (Lipinski definition) is 4. The first-order chi connectivity index (χ1) is 9.72. The number of aliphatic hydroxyl groups excluding tert-OH is 1. The number of halogens is 1. The lowest BCUT2D eigenvalue weighted by Crippen LogP contribution is -2.12. The van der Waals surface area contributed by atoms with Crippen LogP contribution in [0.15, 0.2) is 42.5 Å². The number of rotatable bonds is 4. The van der Waals surface area contributed by atoms with Crippen LogP contribution in [0.2, 0.25) is 5.02 Å². The highest BCUT2D eigenvalue weighted by Crippen LogP contribution is 2.34. The van der Waals surface area contributed by atoms with Crippen molar-refractivity contribution in [3.05, 3.63) is 53.1 Å². The van der Waals surface area contributed by atoms with E-state index in [1.165, 1.54) is 0 Å². The van der Waals surface area contributed by atoms with Crippen LogP contribution in [0.25, 0.3) is 0 Å². The van der Waals surface area contributed by atoms with E-state index < -0.39 is 6.10 Å². The van der Waals surface area contributed by atoms with Gasteiger partial charge in [0.1, 0.15) is 0 Å². The molecule has 20 heavy (non-hydrogen) atoms. The van der Waals surface area contributed by atoms with Crippen molar-refractivity contribution in [2.45, 2.75) is 6.10 Å². The quantitative estimate of drug-likeness (QED) is 0.908. The molecule has 104 valence electrons. The van der Waals surface area contributed by atoms with Gasteiger partial charge in [-0.3, -0.25) is 0 Å². The van der Waals surface area contributed by atoms with Crippen molar-refractivity contribution in [1.29, 1.82) is 0 Å². The van der Waals surface area contributed by atoms with Crippen LogP contribution in [-0.2, 0) is 0 Å². The largest absolute Gasteiger partial charge is 0.454 e. The number of nitrogens with one attached hydrogen (secondary N) is 1. The highest BCUT2D eigenvalue weighted by Gasteiger charge is 2.16. The number of fused-ring (bicyclic) bond motifs is 1. The lowest BCUT2D eigenvalue weighted by molar-refractivity contribution is 0.173. The van der Waals surface area contributed by atoms with E-state index in [0.29, 0.717) is 23.1 Å². The molecule has 2 aromatic rings. The SMILES string of the molecule is OC(CNc1ccc(Cl)cc1)c1ccc2c(c1)OCO2. The van der Waals surface area contributed by atoms with Crippen LogP contribution in [0, 0.1) is 0 Å². The molecule has 0 bridgehead atoms. The van der Waals surface area contributed by atoms with Crippen LogP contribution in [0.5, 0.6) is 11.5 Å². The molecular formula is C15H14ClNO3. The van der Waals surface area contributed by atoms with Gasteiger partial charge in [-0.25, -0.2) is 0 Å². The third-order valence-corrected chi connectivity index (χ3v) is 3.38. The molecule has 5 heteroatoms. The third-order valence-electron chi connectivity index (χ3n) is 3.13. The van der Waals surface area contributed by atoms with Gasteiger partial charge in [0.05, 0.1) is 6.10 Å². The molecule has 0 saturated carbocycles. The van der Waals surface area contributed by atoms with Crippen molar-refractivity contribution < 1.29 is 14.6 Å². The second-order valence-electron chi connectivity index (χ2n) is 4.52. The van der Waals surface area contributed by atoms with Gasteiger partial charge in [-0.15, -0.1) is 0 Å². The average molecular weight is 292 g/mol. The van der Waals surface area contributed by atoms with Crippen molar-refractivity contribution in [2.75, 3.05) is 18.7 Å². The van der Waals surface area contributed by atoms with Gasteiger partial charge in [-0.2, -0.15) is 0 Å². The van der Waals surface area contributed by atoms with Crippen molar-refractivity contribution in [1.82, 2.24) is 0 Å². The Morgan fingerprint density at radius 1 is 1.10 bits per heavy atom. The smallest absolute Gasteiger partial charge is 0.231 e. The zero-order valence-corrected chi connectivity index (χ0v) is 11.4. The summed E-state index contributed by atoms with van der Waals surface area (Å²) in [5.74, 6) is 1.39. The zero-order chi connectivity index (χ0) is 13.9. The average Bonchev–Trinajstić information content (AvgIpc) is 2.93. The summed E-state index contributed by atoms with van der Waals surface area (Å²) in [6, 6.07) is 12.8. The number of hydrogen-bond donors (Lipinski definition) is 2. The fraction of sp³-hybridized carbons (Fsp3) is 0.200. The lowest BCUT2D eigenvalue weighted by atomic mass is 10.1. The van der Waals surface area contributed by atoms with E-state index in [4.69, 9.17) is 21.1 Å². The van der Waals surface area contributed by atoms with Crippen LogP contribution in [0.1, 0.15) is 11.7 Å². The molecule has 0 radical (unpaired) electrons. The summed E-state index contributed by atoms with van der Waals surface area (Å²) in [4.78, 5) is 0. The fourth-order valence-corrected chi connectivity index (χ4v) is 2.15. The van der Waals surface area contributed by atoms with Gasteiger partial charge in [-0.05, 0) is 42.0 Å². The van der Waals surface area contributed by atoms with E-state index in [9.17, 15) is 5.11 Å². The molecule has 3 rings (SSSR count). The van der Waals surface area contributed by atoms with Gasteiger partial charge in [0.25, 0.3) is 0 Å². The first-order valence-corrected chi connectivity index (χ1v) is 6.67. The Hall–Kier alpha value is -1.91. The topological polar surface area (TPSA) is 50.7 Å². The predicted octanol–water partition coefficient (Wildman–Crippen LogP) is 3.21. The second kappa shape index (κ2) is 5.61. The Labute approximate surface area is 121 Å². The molecule has 0 fully saturated rings. The molecule has 2 aromatic carbocycles. The molecule has 0 aromatic heterocycles. The highest BCUT2D eigenvalue weighted by atomic mass is 35.5. The Balaban J connectivity index is 1.64. The molecule has 1 aliphatic heterocycles. The Morgan fingerprint density at radius 2 is 1.85 bits per heavy atom. The number of anilines is 1. The lowest BCUT2D eigenvalue weighted by Gasteiger charge is -2.13. The van der Waals surface area contributed by atoms with Gasteiger partial charge in [0, 0.05) is 17.3 Å². The maximum Gasteiger partial charge on any atom is 0.231 e. The predicted molar refractivity (Wildman–Crippen MR) is 77.5 cm³/mol. The molecule has 0 saturated heterocycles. The maximum absolute atomic E-state index is 10.2. The van der Waals surface area contributed by atoms with Gasteiger partial charge in [-0.1, -0.05) is 17.7 Å². The van der Waals surface area contributed by atoms with Crippen LogP contribution >= 0.6 is 11.6 Å². The van der Waals surface area contributed by atoms with Crippen LogP contribution in [0.3, 0.4) is 0 Å². The van der Waals surface area contributed by atoms with Crippen LogP contribution < -0.4 is 14.8 Å². The number of ether oxygens (including phenoxy) is 2. The Morgan fingerprint density at radius 3 is 2.65 bits per heavy atom. The van der Waals surface area contributed by atoms with E-state index in [-0.39, 0.29) is 6.79 Å². The van der Waals surface area contributed by atoms with Crippen molar-refractivity contribution in [3.63, 3.8) is 0 Å². The van der Waals surface area contributed by atoms with Gasteiger partial charge < -0.3 is 19.9 Å². The molecular weight excluding hydrogens is 278 g/mol. The van der Waals surface area contributed by atoms with Gasteiger partial charge in [0.2, 0.25) is 6.79 Å². The molecule has 1 unspecified atom stereocenters. The number of aliphatic hydroxyl groups is 1. The molecule has 1 atom stereocenters. The second-order valence-corrected chi connectivity index (χ2v) is 4.95. The van der Waals surface area contributed by atoms with Crippen LogP contribution in [0.4, 0.5) is 5.69 Å². The molecule has 4 nitrogen and oxygen atoms in total. The molecule has 0 amide bonds. The summed E-state index contributed by atoms with van der Waals surface area (Å²) in [5, 5.41) is 14.0. The van der Waals surface area contributed by atoms with Crippen LogP contribution in [-0.4, -0.2) is 18.4 Å². The summed E-state index contributed by atoms with van der Waals surface area (Å²) in [5.41, 5.74) is 1.70. The Bertz CT molecular complexity index is 601. The van der Waals surface area contributed by atoms with Gasteiger partial charge >= 0.3 is 0 Å². The first-order valence-electron chi connectivity index (χ1n) is 6.29. The third kappa shape index (κ3) is 2.81. The van der Waals surface area contributed by atoms with E-state index in [2.05, 4.69) is 5.32 Å². The Kier molecular flexibility index (Phi) is 3.67. The normalized spacial score (nSPS) is 14.1.